The highest BCUT2D eigenvalue weighted by molar-refractivity contribution is 7.89. The summed E-state index contributed by atoms with van der Waals surface area (Å²) < 4.78 is 68.1. The van der Waals surface area contributed by atoms with E-state index < -0.39 is 28.0 Å². The lowest BCUT2D eigenvalue weighted by Gasteiger charge is -2.13. The molecule has 0 fully saturated rings. The largest absolute Gasteiger partial charge is 0.573 e. The zero-order valence-electron chi connectivity index (χ0n) is 16.5. The normalized spacial score (nSPS) is 12.1. The van der Waals surface area contributed by atoms with E-state index in [-0.39, 0.29) is 35.9 Å². The molecule has 10 heteroatoms. The fraction of sp³-hybridized carbons (Fsp3) is 0.350. The van der Waals surface area contributed by atoms with E-state index in [1.807, 2.05) is 13.8 Å². The Kier molecular flexibility index (Phi) is 7.85. The lowest BCUT2D eigenvalue weighted by Crippen LogP contribution is -2.30. The Hall–Kier alpha value is -2.59. The van der Waals surface area contributed by atoms with E-state index in [0.29, 0.717) is 0 Å². The molecular formula is C20H23F3N2O4S. The van der Waals surface area contributed by atoms with Crippen molar-refractivity contribution < 1.29 is 31.1 Å². The van der Waals surface area contributed by atoms with Crippen LogP contribution in [-0.2, 0) is 21.4 Å². The molecule has 0 aromatic heterocycles. The molecule has 2 N–H and O–H groups in total. The van der Waals surface area contributed by atoms with E-state index in [4.69, 9.17) is 0 Å². The third-order valence-corrected chi connectivity index (χ3v) is 5.65. The second-order valence-corrected chi connectivity index (χ2v) is 8.57. The van der Waals surface area contributed by atoms with Gasteiger partial charge in [0, 0.05) is 25.1 Å². The van der Waals surface area contributed by atoms with Crippen molar-refractivity contribution >= 4 is 15.9 Å². The number of halogens is 3. The molecule has 1 amide bonds. The van der Waals surface area contributed by atoms with Crippen LogP contribution in [0.15, 0.2) is 53.4 Å². The standard InChI is InChI=1S/C20H23F3N2O4S/c1-14(2)15-7-9-17(10-8-15)30(27,28)25-12-11-19(26)24-13-16-5-3-4-6-18(16)29-20(21,22)23/h3-10,14,25H,11-13H2,1-2H3,(H,24,26). The van der Waals surface area contributed by atoms with Crippen LogP contribution < -0.4 is 14.8 Å². The van der Waals surface area contributed by atoms with Gasteiger partial charge in [-0.1, -0.05) is 44.2 Å². The predicted octanol–water partition coefficient (Wildman–Crippen LogP) is 3.69. The summed E-state index contributed by atoms with van der Waals surface area (Å²) in [5, 5.41) is 2.45. The molecule has 0 aliphatic rings. The van der Waals surface area contributed by atoms with Crippen LogP contribution in [0, 0.1) is 0 Å². The van der Waals surface area contributed by atoms with E-state index in [2.05, 4.69) is 14.8 Å². The minimum absolute atomic E-state index is 0.0885. The van der Waals surface area contributed by atoms with E-state index >= 15 is 0 Å². The number of ether oxygens (including phenoxy) is 1. The van der Waals surface area contributed by atoms with Gasteiger partial charge in [-0.15, -0.1) is 13.2 Å². The Morgan fingerprint density at radius 3 is 2.30 bits per heavy atom. The second-order valence-electron chi connectivity index (χ2n) is 6.80. The summed E-state index contributed by atoms with van der Waals surface area (Å²) in [4.78, 5) is 12.0. The number of hydrogen-bond acceptors (Lipinski definition) is 4. The van der Waals surface area contributed by atoms with Crippen LogP contribution in [-0.4, -0.2) is 27.2 Å². The maximum atomic E-state index is 12.4. The highest BCUT2D eigenvalue weighted by atomic mass is 32.2. The van der Waals surface area contributed by atoms with Crippen molar-refractivity contribution in [2.24, 2.45) is 0 Å². The van der Waals surface area contributed by atoms with Gasteiger partial charge in [-0.2, -0.15) is 0 Å². The number of para-hydroxylation sites is 1. The monoisotopic (exact) mass is 444 g/mol. The number of nitrogens with one attached hydrogen (secondary N) is 2. The molecule has 2 aromatic carbocycles. The first-order valence-corrected chi connectivity index (χ1v) is 10.7. The number of rotatable bonds is 9. The maximum absolute atomic E-state index is 12.4. The van der Waals surface area contributed by atoms with Crippen LogP contribution in [0.1, 0.15) is 37.3 Å². The minimum Gasteiger partial charge on any atom is -0.405 e. The highest BCUT2D eigenvalue weighted by Gasteiger charge is 2.32. The summed E-state index contributed by atoms with van der Waals surface area (Å²) in [6, 6.07) is 11.9. The molecule has 0 radical (unpaired) electrons. The molecule has 6 nitrogen and oxygen atoms in total. The molecule has 164 valence electrons. The third-order valence-electron chi connectivity index (χ3n) is 4.18. The summed E-state index contributed by atoms with van der Waals surface area (Å²) >= 11 is 0. The summed E-state index contributed by atoms with van der Waals surface area (Å²) in [6.07, 6.45) is -5.02. The first-order valence-electron chi connectivity index (χ1n) is 9.18. The Labute approximate surface area is 173 Å². The lowest BCUT2D eigenvalue weighted by molar-refractivity contribution is -0.274. The van der Waals surface area contributed by atoms with Gasteiger partial charge < -0.3 is 10.1 Å². The number of amides is 1. The van der Waals surface area contributed by atoms with Crippen LogP contribution in [0.5, 0.6) is 5.75 Å². The van der Waals surface area contributed by atoms with E-state index in [0.717, 1.165) is 11.6 Å². The fourth-order valence-corrected chi connectivity index (χ4v) is 3.60. The smallest absolute Gasteiger partial charge is 0.405 e. The van der Waals surface area contributed by atoms with E-state index in [1.165, 1.54) is 30.3 Å². The Balaban J connectivity index is 1.85. The van der Waals surface area contributed by atoms with Gasteiger partial charge in [0.05, 0.1) is 4.90 Å². The molecule has 0 heterocycles. The number of sulfonamides is 1. The summed E-state index contributed by atoms with van der Waals surface area (Å²) in [6.45, 7) is 3.65. The maximum Gasteiger partial charge on any atom is 0.573 e. The molecule has 0 aliphatic carbocycles. The molecule has 0 atom stereocenters. The second kappa shape index (κ2) is 9.94. The van der Waals surface area contributed by atoms with Crippen molar-refractivity contribution in [1.82, 2.24) is 10.0 Å². The van der Waals surface area contributed by atoms with Crippen molar-refractivity contribution in [3.8, 4) is 5.75 Å². The van der Waals surface area contributed by atoms with Gasteiger partial charge in [-0.3, -0.25) is 4.79 Å². The molecular weight excluding hydrogens is 421 g/mol. The van der Waals surface area contributed by atoms with Gasteiger partial charge >= 0.3 is 6.36 Å². The van der Waals surface area contributed by atoms with Crippen LogP contribution in [0.4, 0.5) is 13.2 Å². The summed E-state index contributed by atoms with van der Waals surface area (Å²) in [5.74, 6) is -0.657. The quantitative estimate of drug-likeness (QED) is 0.618. The van der Waals surface area contributed by atoms with Crippen molar-refractivity contribution in [3.05, 3.63) is 59.7 Å². The molecule has 0 unspecified atom stereocenters. The molecule has 2 rings (SSSR count). The van der Waals surface area contributed by atoms with Crippen LogP contribution >= 0.6 is 0 Å². The average Bonchev–Trinajstić information content (AvgIpc) is 2.66. The van der Waals surface area contributed by atoms with E-state index in [9.17, 15) is 26.4 Å². The predicted molar refractivity (Wildman–Crippen MR) is 105 cm³/mol. The Morgan fingerprint density at radius 1 is 1.07 bits per heavy atom. The Morgan fingerprint density at radius 2 is 1.70 bits per heavy atom. The summed E-state index contributed by atoms with van der Waals surface area (Å²) in [7, 11) is -3.77. The molecule has 0 aliphatic heterocycles. The minimum atomic E-state index is -4.84. The molecule has 0 saturated carbocycles. The number of alkyl halides is 3. The van der Waals surface area contributed by atoms with Crippen molar-refractivity contribution in [2.45, 2.75) is 44.0 Å². The van der Waals surface area contributed by atoms with Gasteiger partial charge in [-0.25, -0.2) is 13.1 Å². The first-order chi connectivity index (χ1) is 14.0. The zero-order chi connectivity index (χ0) is 22.4. The van der Waals surface area contributed by atoms with Crippen molar-refractivity contribution in [2.75, 3.05) is 6.54 Å². The van der Waals surface area contributed by atoms with Crippen molar-refractivity contribution in [1.29, 1.82) is 0 Å². The van der Waals surface area contributed by atoms with Gasteiger partial charge in [0.15, 0.2) is 0 Å². The number of carbonyl (C=O) groups excluding carboxylic acids is 1. The third kappa shape index (κ3) is 7.34. The van der Waals surface area contributed by atoms with Gasteiger partial charge in [0.2, 0.25) is 15.9 Å². The van der Waals surface area contributed by atoms with Gasteiger partial charge in [0.25, 0.3) is 0 Å². The SMILES string of the molecule is CC(C)c1ccc(S(=O)(=O)NCCC(=O)NCc2ccccc2OC(F)(F)F)cc1. The molecule has 0 bridgehead atoms. The van der Waals surface area contributed by atoms with Crippen molar-refractivity contribution in [3.63, 3.8) is 0 Å². The molecule has 0 saturated heterocycles. The zero-order valence-corrected chi connectivity index (χ0v) is 17.3. The topological polar surface area (TPSA) is 84.5 Å². The lowest BCUT2D eigenvalue weighted by atomic mass is 10.0. The summed E-state index contributed by atoms with van der Waals surface area (Å²) in [5.41, 5.74) is 1.15. The van der Waals surface area contributed by atoms with Gasteiger partial charge in [0.1, 0.15) is 5.75 Å². The van der Waals surface area contributed by atoms with Crippen LogP contribution in [0.3, 0.4) is 0 Å². The first kappa shape index (κ1) is 23.7. The number of hydrogen-bond donors (Lipinski definition) is 2. The van der Waals surface area contributed by atoms with Crippen LogP contribution in [0.2, 0.25) is 0 Å². The van der Waals surface area contributed by atoms with E-state index in [1.54, 1.807) is 12.1 Å². The van der Waals surface area contributed by atoms with Crippen LogP contribution in [0.25, 0.3) is 0 Å². The van der Waals surface area contributed by atoms with Gasteiger partial charge in [-0.05, 0) is 29.7 Å². The number of benzene rings is 2. The Bertz CT molecular complexity index is 959. The highest BCUT2D eigenvalue weighted by Crippen LogP contribution is 2.26. The average molecular weight is 444 g/mol. The molecule has 2 aromatic rings. The fourth-order valence-electron chi connectivity index (χ4n) is 2.57. The molecule has 0 spiro atoms. The number of carbonyl (C=O) groups is 1. The molecule has 30 heavy (non-hydrogen) atoms.